The lowest BCUT2D eigenvalue weighted by Gasteiger charge is -2.27. The molecule has 0 amide bonds. The van der Waals surface area contributed by atoms with E-state index in [-0.39, 0.29) is 5.69 Å². The van der Waals surface area contributed by atoms with E-state index in [2.05, 4.69) is 20.1 Å². The number of halogens is 2. The number of hydrogen-bond donors (Lipinski definition) is 2. The number of nitrogen functional groups attached to an aromatic ring is 1. The van der Waals surface area contributed by atoms with E-state index in [4.69, 9.17) is 16.2 Å². The zero-order chi connectivity index (χ0) is 22.9. The van der Waals surface area contributed by atoms with Crippen molar-refractivity contribution in [3.05, 3.63) is 54.1 Å². The van der Waals surface area contributed by atoms with Crippen LogP contribution in [-0.4, -0.2) is 38.1 Å². The number of nitrogens with two attached hydrogens (primary N) is 2. The Balaban J connectivity index is 0.000000153. The van der Waals surface area contributed by atoms with E-state index in [1.807, 2.05) is 24.3 Å². The van der Waals surface area contributed by atoms with Crippen LogP contribution in [0.3, 0.4) is 0 Å². The summed E-state index contributed by atoms with van der Waals surface area (Å²) >= 11 is 0. The maximum absolute atomic E-state index is 12.7. The Morgan fingerprint density at radius 1 is 1.19 bits per heavy atom. The van der Waals surface area contributed by atoms with Crippen LogP contribution in [-0.2, 0) is 5.54 Å². The van der Waals surface area contributed by atoms with Gasteiger partial charge in [-0.05, 0) is 49.4 Å². The van der Waals surface area contributed by atoms with E-state index in [0.717, 1.165) is 10.9 Å². The third-order valence-corrected chi connectivity index (χ3v) is 5.82. The Hall–Kier alpha value is -3.40. The smallest absolute Gasteiger partial charge is 0.261 e. The highest BCUT2D eigenvalue weighted by Crippen LogP contribution is 2.36. The lowest BCUT2D eigenvalue weighted by atomic mass is 9.80. The van der Waals surface area contributed by atoms with Gasteiger partial charge >= 0.3 is 0 Å². The molecule has 0 aliphatic heterocycles. The SMILES string of the molecule is CC(N)(c1ccc(C2CCC2)cn1)C(F)F.COc1cccc2c1nc(N)n1ncnc21. The molecule has 5 rings (SSSR count). The van der Waals surface area contributed by atoms with E-state index >= 15 is 0 Å². The Bertz CT molecular complexity index is 1220. The molecule has 1 fully saturated rings. The van der Waals surface area contributed by atoms with Crippen LogP contribution in [0.5, 0.6) is 5.75 Å². The lowest BCUT2D eigenvalue weighted by molar-refractivity contribution is 0.0601. The van der Waals surface area contributed by atoms with Crippen LogP contribution in [0.2, 0.25) is 0 Å². The van der Waals surface area contributed by atoms with E-state index in [9.17, 15) is 8.78 Å². The number of rotatable bonds is 4. The summed E-state index contributed by atoms with van der Waals surface area (Å²) in [4.78, 5) is 12.5. The van der Waals surface area contributed by atoms with Crippen molar-refractivity contribution in [2.24, 2.45) is 5.73 Å². The number of anilines is 1. The molecule has 32 heavy (non-hydrogen) atoms. The number of alkyl halides is 2. The van der Waals surface area contributed by atoms with Gasteiger partial charge in [0.15, 0.2) is 5.65 Å². The molecule has 168 valence electrons. The van der Waals surface area contributed by atoms with Gasteiger partial charge in [-0.15, -0.1) is 0 Å². The zero-order valence-electron chi connectivity index (χ0n) is 17.9. The Morgan fingerprint density at radius 3 is 2.56 bits per heavy atom. The number of hydrogen-bond acceptors (Lipinski definition) is 7. The van der Waals surface area contributed by atoms with E-state index in [1.54, 1.807) is 19.4 Å². The van der Waals surface area contributed by atoms with Crippen molar-refractivity contribution in [3.63, 3.8) is 0 Å². The Morgan fingerprint density at radius 2 is 1.97 bits per heavy atom. The molecular weight excluding hydrogens is 416 g/mol. The number of methoxy groups -OCH3 is 1. The molecule has 0 radical (unpaired) electrons. The van der Waals surface area contributed by atoms with Crippen LogP contribution in [0.15, 0.2) is 42.9 Å². The molecule has 4 aromatic rings. The van der Waals surface area contributed by atoms with Gasteiger partial charge in [0.25, 0.3) is 6.43 Å². The highest BCUT2D eigenvalue weighted by Gasteiger charge is 2.34. The maximum atomic E-state index is 12.7. The molecule has 1 unspecified atom stereocenters. The quantitative estimate of drug-likeness (QED) is 0.496. The summed E-state index contributed by atoms with van der Waals surface area (Å²) in [6.45, 7) is 1.31. The fourth-order valence-corrected chi connectivity index (χ4v) is 3.56. The van der Waals surface area contributed by atoms with Crippen LogP contribution < -0.4 is 16.2 Å². The molecule has 1 atom stereocenters. The molecule has 8 nitrogen and oxygen atoms in total. The number of pyridine rings is 1. The van der Waals surface area contributed by atoms with Crippen LogP contribution in [0, 0.1) is 0 Å². The third-order valence-electron chi connectivity index (χ3n) is 5.82. The van der Waals surface area contributed by atoms with Gasteiger partial charge in [-0.25, -0.2) is 18.7 Å². The minimum Gasteiger partial charge on any atom is -0.494 e. The first-order chi connectivity index (χ1) is 15.3. The predicted molar refractivity (Wildman–Crippen MR) is 118 cm³/mol. The standard InChI is InChI=1S/C12H16F2N2.C10H9N5O/c1-12(15,11(13)14)10-6-5-9(7-16-10)8-3-2-4-8;1-16-7-4-2-3-6-8(7)14-10(11)15-9(6)12-5-13-15/h5-8,11H,2-4,15H2,1H3;2-5H,1H3,(H2,11,14). The number of aromatic nitrogens is 5. The molecule has 1 aliphatic carbocycles. The normalized spacial score (nSPS) is 15.8. The molecule has 1 aromatic carbocycles. The summed E-state index contributed by atoms with van der Waals surface area (Å²) in [5, 5.41) is 4.87. The van der Waals surface area contributed by atoms with Gasteiger partial charge in [0.1, 0.15) is 23.1 Å². The van der Waals surface area contributed by atoms with Gasteiger partial charge in [-0.3, -0.25) is 4.98 Å². The van der Waals surface area contributed by atoms with Crippen molar-refractivity contribution in [3.8, 4) is 5.75 Å². The van der Waals surface area contributed by atoms with Crippen molar-refractivity contribution in [2.75, 3.05) is 12.8 Å². The molecule has 1 aliphatic rings. The minimum atomic E-state index is -2.60. The summed E-state index contributed by atoms with van der Waals surface area (Å²) in [5.41, 5.74) is 12.4. The second-order valence-corrected chi connectivity index (χ2v) is 8.01. The average molecular weight is 441 g/mol. The number of nitrogens with zero attached hydrogens (tertiary/aromatic N) is 5. The molecule has 0 saturated heterocycles. The molecule has 0 spiro atoms. The summed E-state index contributed by atoms with van der Waals surface area (Å²) in [6.07, 6.45) is 4.14. The van der Waals surface area contributed by atoms with Crippen molar-refractivity contribution >= 4 is 22.5 Å². The highest BCUT2D eigenvalue weighted by atomic mass is 19.3. The van der Waals surface area contributed by atoms with Gasteiger partial charge in [-0.2, -0.15) is 9.61 Å². The average Bonchev–Trinajstić information content (AvgIpc) is 3.24. The molecule has 10 heteroatoms. The van der Waals surface area contributed by atoms with Gasteiger partial charge < -0.3 is 16.2 Å². The fraction of sp³-hybridized carbons (Fsp3) is 0.364. The van der Waals surface area contributed by atoms with E-state index in [1.165, 1.54) is 37.0 Å². The number of fused-ring (bicyclic) bond motifs is 3. The maximum Gasteiger partial charge on any atom is 0.261 e. The first-order valence-corrected chi connectivity index (χ1v) is 10.3. The first-order valence-electron chi connectivity index (χ1n) is 10.3. The molecule has 3 heterocycles. The largest absolute Gasteiger partial charge is 0.494 e. The topological polar surface area (TPSA) is 117 Å². The van der Waals surface area contributed by atoms with Gasteiger partial charge in [0.05, 0.1) is 12.8 Å². The fourth-order valence-electron chi connectivity index (χ4n) is 3.56. The summed E-state index contributed by atoms with van der Waals surface area (Å²) < 4.78 is 32.1. The summed E-state index contributed by atoms with van der Waals surface area (Å²) in [5.74, 6) is 1.54. The Labute approximate surface area is 183 Å². The van der Waals surface area contributed by atoms with E-state index in [0.29, 0.717) is 28.8 Å². The van der Waals surface area contributed by atoms with Crippen LogP contribution in [0.4, 0.5) is 14.7 Å². The highest BCUT2D eigenvalue weighted by molar-refractivity contribution is 5.95. The number of benzene rings is 1. The van der Waals surface area contributed by atoms with Gasteiger partial charge in [0, 0.05) is 11.6 Å². The van der Waals surface area contributed by atoms with Crippen LogP contribution in [0.1, 0.15) is 43.4 Å². The molecule has 4 N–H and O–H groups in total. The third kappa shape index (κ3) is 3.93. The van der Waals surface area contributed by atoms with Crippen LogP contribution in [0.25, 0.3) is 16.6 Å². The molecule has 3 aromatic heterocycles. The zero-order valence-corrected chi connectivity index (χ0v) is 17.9. The van der Waals surface area contributed by atoms with Gasteiger partial charge in [-0.1, -0.05) is 18.6 Å². The van der Waals surface area contributed by atoms with Gasteiger partial charge in [0.2, 0.25) is 5.95 Å². The van der Waals surface area contributed by atoms with Crippen molar-refractivity contribution in [2.45, 2.75) is 44.1 Å². The second kappa shape index (κ2) is 8.62. The summed E-state index contributed by atoms with van der Waals surface area (Å²) in [6, 6.07) is 9.13. The molecule has 0 bridgehead atoms. The number of para-hydroxylation sites is 1. The van der Waals surface area contributed by atoms with Crippen molar-refractivity contribution < 1.29 is 13.5 Å². The number of ether oxygens (including phenoxy) is 1. The molecule has 1 saturated carbocycles. The minimum absolute atomic E-state index is 0.255. The second-order valence-electron chi connectivity index (χ2n) is 8.01. The lowest BCUT2D eigenvalue weighted by Crippen LogP contribution is -2.41. The molecular formula is C22H25F2N7O. The summed E-state index contributed by atoms with van der Waals surface area (Å²) in [7, 11) is 1.60. The monoisotopic (exact) mass is 441 g/mol. The van der Waals surface area contributed by atoms with Crippen molar-refractivity contribution in [1.29, 1.82) is 0 Å². The first kappa shape index (κ1) is 21.8. The van der Waals surface area contributed by atoms with Crippen molar-refractivity contribution in [1.82, 2.24) is 24.6 Å². The predicted octanol–water partition coefficient (Wildman–Crippen LogP) is 3.66. The van der Waals surface area contributed by atoms with Crippen LogP contribution >= 0.6 is 0 Å². The Kier molecular flexibility index (Phi) is 5.88. The van der Waals surface area contributed by atoms with E-state index < -0.39 is 12.0 Å².